The number of phenolic OH excluding ortho intramolecular Hbond substituents is 1. The Bertz CT molecular complexity index is 488. The minimum absolute atomic E-state index is 0.0821. The number of ketones is 1. The van der Waals surface area contributed by atoms with E-state index in [2.05, 4.69) is 0 Å². The van der Waals surface area contributed by atoms with Gasteiger partial charge in [0.1, 0.15) is 5.75 Å². The first-order valence-corrected chi connectivity index (χ1v) is 6.40. The number of Topliss-reactive ketones (excluding diaryl/α,β-unsaturated/α-hetero) is 1. The fourth-order valence-corrected chi connectivity index (χ4v) is 1.42. The van der Waals surface area contributed by atoms with E-state index in [0.717, 1.165) is 0 Å². The van der Waals surface area contributed by atoms with Crippen molar-refractivity contribution >= 4 is 11.9 Å². The van der Waals surface area contributed by atoms with Gasteiger partial charge in [0, 0.05) is 18.2 Å². The van der Waals surface area contributed by atoms with Gasteiger partial charge in [-0.15, -0.1) is 0 Å². The first-order valence-electron chi connectivity index (χ1n) is 6.40. The van der Waals surface area contributed by atoms with Crippen LogP contribution in [-0.4, -0.2) is 40.6 Å². The average molecular weight is 279 g/mol. The summed E-state index contributed by atoms with van der Waals surface area (Å²) < 4.78 is 5.16. The lowest BCUT2D eigenvalue weighted by Gasteiger charge is -2.31. The van der Waals surface area contributed by atoms with Crippen molar-refractivity contribution in [2.75, 3.05) is 7.05 Å². The van der Waals surface area contributed by atoms with Crippen LogP contribution in [0.2, 0.25) is 0 Å². The molecule has 0 spiro atoms. The number of hydrogen-bond acceptors (Lipinski definition) is 4. The van der Waals surface area contributed by atoms with Crippen LogP contribution < -0.4 is 0 Å². The van der Waals surface area contributed by atoms with Crippen LogP contribution in [0.3, 0.4) is 0 Å². The van der Waals surface area contributed by atoms with Gasteiger partial charge in [0.15, 0.2) is 6.10 Å². The SMILES string of the molecule is CC(OC(=O)N(C)C(C)(C)C)C(=O)c1ccc(O)cc1. The molecule has 0 aliphatic carbocycles. The number of rotatable bonds is 3. The number of nitrogens with zero attached hydrogens (tertiary/aromatic N) is 1. The zero-order valence-corrected chi connectivity index (χ0v) is 12.5. The number of phenols is 1. The van der Waals surface area contributed by atoms with Crippen LogP contribution in [0.1, 0.15) is 38.1 Å². The Morgan fingerprint density at radius 2 is 1.70 bits per heavy atom. The van der Waals surface area contributed by atoms with Crippen molar-refractivity contribution < 1.29 is 19.4 Å². The van der Waals surface area contributed by atoms with Gasteiger partial charge >= 0.3 is 6.09 Å². The molecule has 0 heterocycles. The van der Waals surface area contributed by atoms with Crippen LogP contribution in [0, 0.1) is 0 Å². The molecule has 1 aromatic carbocycles. The molecular formula is C15H21NO4. The topological polar surface area (TPSA) is 66.8 Å². The number of carbonyl (C=O) groups excluding carboxylic acids is 2. The van der Waals surface area contributed by atoms with E-state index < -0.39 is 12.2 Å². The van der Waals surface area contributed by atoms with Gasteiger partial charge in [-0.25, -0.2) is 4.79 Å². The Kier molecular flexibility index (Phi) is 4.76. The van der Waals surface area contributed by atoms with Gasteiger partial charge in [-0.05, 0) is 52.0 Å². The van der Waals surface area contributed by atoms with Crippen LogP contribution in [-0.2, 0) is 4.74 Å². The molecule has 5 heteroatoms. The number of benzene rings is 1. The van der Waals surface area contributed by atoms with Crippen molar-refractivity contribution in [2.24, 2.45) is 0 Å². The molecule has 20 heavy (non-hydrogen) atoms. The third-order valence-electron chi connectivity index (χ3n) is 3.08. The summed E-state index contributed by atoms with van der Waals surface area (Å²) in [5, 5.41) is 9.18. The van der Waals surface area contributed by atoms with Crippen molar-refractivity contribution in [3.63, 3.8) is 0 Å². The molecule has 0 radical (unpaired) electrons. The van der Waals surface area contributed by atoms with Crippen molar-refractivity contribution in [1.29, 1.82) is 0 Å². The maximum Gasteiger partial charge on any atom is 0.410 e. The maximum absolute atomic E-state index is 12.1. The van der Waals surface area contributed by atoms with E-state index in [-0.39, 0.29) is 17.1 Å². The Morgan fingerprint density at radius 1 is 1.20 bits per heavy atom. The quantitative estimate of drug-likeness (QED) is 0.864. The lowest BCUT2D eigenvalue weighted by Crippen LogP contribution is -2.44. The van der Waals surface area contributed by atoms with Crippen molar-refractivity contribution in [3.8, 4) is 5.75 Å². The summed E-state index contributed by atoms with van der Waals surface area (Å²) in [6.07, 6.45) is -1.42. The highest BCUT2D eigenvalue weighted by molar-refractivity contribution is 6.00. The van der Waals surface area contributed by atoms with Crippen LogP contribution >= 0.6 is 0 Å². The molecule has 1 unspecified atom stereocenters. The van der Waals surface area contributed by atoms with Crippen molar-refractivity contribution in [3.05, 3.63) is 29.8 Å². The standard InChI is InChI=1S/C15H21NO4/c1-10(20-14(19)16(5)15(2,3)4)13(18)11-6-8-12(17)9-7-11/h6-10,17H,1-5H3. The Balaban J connectivity index is 2.71. The molecular weight excluding hydrogens is 258 g/mol. The van der Waals surface area contributed by atoms with Crippen molar-refractivity contribution in [2.45, 2.75) is 39.3 Å². The number of amides is 1. The van der Waals surface area contributed by atoms with Gasteiger partial charge in [-0.2, -0.15) is 0 Å². The number of aromatic hydroxyl groups is 1. The molecule has 110 valence electrons. The summed E-state index contributed by atoms with van der Waals surface area (Å²) in [7, 11) is 1.63. The van der Waals surface area contributed by atoms with E-state index >= 15 is 0 Å². The maximum atomic E-state index is 12.1. The molecule has 1 rings (SSSR count). The highest BCUT2D eigenvalue weighted by Gasteiger charge is 2.27. The van der Waals surface area contributed by atoms with E-state index in [1.807, 2.05) is 20.8 Å². The number of hydrogen-bond donors (Lipinski definition) is 1. The number of ether oxygens (including phenoxy) is 1. The van der Waals surface area contributed by atoms with Crippen LogP contribution in [0.15, 0.2) is 24.3 Å². The summed E-state index contributed by atoms with van der Waals surface area (Å²) in [6.45, 7) is 7.16. The van der Waals surface area contributed by atoms with E-state index in [1.165, 1.54) is 36.1 Å². The minimum Gasteiger partial charge on any atom is -0.508 e. The van der Waals surface area contributed by atoms with E-state index in [1.54, 1.807) is 7.05 Å². The minimum atomic E-state index is -0.878. The molecule has 0 aromatic heterocycles. The Morgan fingerprint density at radius 3 is 2.15 bits per heavy atom. The highest BCUT2D eigenvalue weighted by Crippen LogP contribution is 2.15. The van der Waals surface area contributed by atoms with E-state index in [0.29, 0.717) is 5.56 Å². The van der Waals surface area contributed by atoms with Crippen molar-refractivity contribution in [1.82, 2.24) is 4.90 Å². The zero-order valence-electron chi connectivity index (χ0n) is 12.5. The smallest absolute Gasteiger partial charge is 0.410 e. The van der Waals surface area contributed by atoms with Gasteiger partial charge in [0.05, 0.1) is 0 Å². The van der Waals surface area contributed by atoms with Crippen LogP contribution in [0.25, 0.3) is 0 Å². The summed E-state index contributed by atoms with van der Waals surface area (Å²) >= 11 is 0. The van der Waals surface area contributed by atoms with E-state index in [4.69, 9.17) is 4.74 Å². The normalized spacial score (nSPS) is 12.7. The molecule has 1 amide bonds. The summed E-state index contributed by atoms with van der Waals surface area (Å²) in [6, 6.07) is 5.83. The lowest BCUT2D eigenvalue weighted by atomic mass is 10.1. The molecule has 1 N–H and O–H groups in total. The number of carbonyl (C=O) groups is 2. The fraction of sp³-hybridized carbons (Fsp3) is 0.467. The first kappa shape index (κ1) is 16.0. The molecule has 1 atom stereocenters. The summed E-state index contributed by atoms with van der Waals surface area (Å²) in [4.78, 5) is 25.4. The van der Waals surface area contributed by atoms with Gasteiger partial charge in [0.2, 0.25) is 5.78 Å². The highest BCUT2D eigenvalue weighted by atomic mass is 16.6. The Hall–Kier alpha value is -2.04. The first-order chi connectivity index (χ1) is 9.12. The average Bonchev–Trinajstić information content (AvgIpc) is 2.36. The van der Waals surface area contributed by atoms with Crippen LogP contribution in [0.4, 0.5) is 4.79 Å². The van der Waals surface area contributed by atoms with Gasteiger partial charge in [-0.3, -0.25) is 4.79 Å². The molecule has 0 saturated heterocycles. The predicted molar refractivity (Wildman–Crippen MR) is 75.9 cm³/mol. The monoisotopic (exact) mass is 279 g/mol. The predicted octanol–water partition coefficient (Wildman–Crippen LogP) is 2.83. The van der Waals surface area contributed by atoms with E-state index in [9.17, 15) is 14.7 Å². The Labute approximate surface area is 119 Å². The second-order valence-electron chi connectivity index (χ2n) is 5.67. The fourth-order valence-electron chi connectivity index (χ4n) is 1.42. The second-order valence-corrected chi connectivity index (χ2v) is 5.67. The third kappa shape index (κ3) is 3.98. The molecule has 1 aromatic rings. The molecule has 0 aliphatic rings. The largest absolute Gasteiger partial charge is 0.508 e. The zero-order chi connectivity index (χ0) is 15.5. The third-order valence-corrected chi connectivity index (χ3v) is 3.08. The second kappa shape index (κ2) is 5.94. The lowest BCUT2D eigenvalue weighted by molar-refractivity contribution is 0.0447. The molecule has 0 aliphatic heterocycles. The van der Waals surface area contributed by atoms with Gasteiger partial charge < -0.3 is 14.7 Å². The molecule has 0 bridgehead atoms. The molecule has 0 saturated carbocycles. The van der Waals surface area contributed by atoms with Gasteiger partial charge in [-0.1, -0.05) is 0 Å². The summed E-state index contributed by atoms with van der Waals surface area (Å²) in [5.74, 6) is -0.223. The van der Waals surface area contributed by atoms with Gasteiger partial charge in [0.25, 0.3) is 0 Å². The summed E-state index contributed by atoms with van der Waals surface area (Å²) in [5.41, 5.74) is 0.0137. The van der Waals surface area contributed by atoms with Crippen LogP contribution in [0.5, 0.6) is 5.75 Å². The molecule has 0 fully saturated rings. The molecule has 5 nitrogen and oxygen atoms in total.